The smallest absolute Gasteiger partial charge is 0.0865 e. The average molecular weight is 201 g/mol. The minimum absolute atomic E-state index is 0.955. The molecule has 3 heteroatoms. The Kier molecular flexibility index (Phi) is 18.9. The molecule has 0 spiro atoms. The normalized spacial score (nSPS) is 11.7. The highest BCUT2D eigenvalue weighted by atomic mass is 13.8. The van der Waals surface area contributed by atoms with Crippen molar-refractivity contribution >= 4 is 22.7 Å². The maximum atomic E-state index is 6.58. The Bertz CT molecular complexity index is 142. The van der Waals surface area contributed by atoms with Gasteiger partial charge in [0, 0.05) is 7.74 Å². The fourth-order valence-electron chi connectivity index (χ4n) is 0.764. The van der Waals surface area contributed by atoms with E-state index in [4.69, 9.17) is 9.07 Å². The third-order valence-electron chi connectivity index (χ3n) is 1.67. The predicted octanol–water partition coefficient (Wildman–Crippen LogP) is 3.21. The molecule has 0 aromatic rings. The third kappa shape index (κ3) is 24.8. The first-order chi connectivity index (χ1) is 7.83. The van der Waals surface area contributed by atoms with Crippen LogP contribution in [0.1, 0.15) is 39.5 Å². The summed E-state index contributed by atoms with van der Waals surface area (Å²) in [5, 5.41) is 0. The Balaban J connectivity index is 0. The van der Waals surface area contributed by atoms with Crippen LogP contribution in [0.25, 0.3) is 0 Å². The SMILES string of the molecule is C1=CCC=C1.[2H][B]CCCC.[B][B]CCC. The Labute approximate surface area is 101 Å². The maximum Gasteiger partial charge on any atom is 0.0865 e. The van der Waals surface area contributed by atoms with Gasteiger partial charge in [0.25, 0.3) is 0 Å². The summed E-state index contributed by atoms with van der Waals surface area (Å²) in [6.45, 7) is 4.23. The van der Waals surface area contributed by atoms with Crippen molar-refractivity contribution in [1.82, 2.24) is 0 Å². The van der Waals surface area contributed by atoms with E-state index >= 15 is 0 Å². The highest BCUT2D eigenvalue weighted by Gasteiger charge is 1.72. The van der Waals surface area contributed by atoms with Crippen molar-refractivity contribution in [3.63, 3.8) is 0 Å². The van der Waals surface area contributed by atoms with Crippen molar-refractivity contribution in [2.45, 2.75) is 52.2 Å². The Hall–Kier alpha value is -0.325. The lowest BCUT2D eigenvalue weighted by Gasteiger charge is -1.79. The molecule has 1 aliphatic carbocycles. The van der Waals surface area contributed by atoms with Crippen LogP contribution >= 0.6 is 0 Å². The van der Waals surface area contributed by atoms with E-state index in [1.165, 1.54) is 20.7 Å². The standard InChI is InChI=1S/C5H6.C4H10B.C3H7B2/c1-2-4-5-3-1;1-2-3-4-5;1-2-3-5-4/h1-4H,5H2;5H,2-4H2,1H3;2-3H2,1H3/i;5D;. The molecule has 1 rings (SSSR count). The van der Waals surface area contributed by atoms with Crippen LogP contribution in [0.4, 0.5) is 0 Å². The number of unbranched alkanes of at least 4 members (excludes halogenated alkanes) is 1. The fourth-order valence-corrected chi connectivity index (χ4v) is 0.764. The van der Waals surface area contributed by atoms with Gasteiger partial charge in [0.2, 0.25) is 0 Å². The molecule has 0 aromatic carbocycles. The summed E-state index contributed by atoms with van der Waals surface area (Å²) in [5.74, 6) is 0. The summed E-state index contributed by atoms with van der Waals surface area (Å²) in [7, 11) is 8.16. The van der Waals surface area contributed by atoms with Crippen LogP contribution in [-0.2, 0) is 0 Å². The molecule has 0 aliphatic heterocycles. The van der Waals surface area contributed by atoms with Crippen molar-refractivity contribution < 1.29 is 0 Å². The van der Waals surface area contributed by atoms with Gasteiger partial charge in [-0.1, -0.05) is 70.1 Å². The van der Waals surface area contributed by atoms with E-state index < -0.39 is 0 Å². The maximum absolute atomic E-state index is 6.58. The van der Waals surface area contributed by atoms with Crippen molar-refractivity contribution in [2.24, 2.45) is 0 Å². The van der Waals surface area contributed by atoms with Gasteiger partial charge in [-0.2, -0.15) is 0 Å². The topological polar surface area (TPSA) is 0 Å². The monoisotopic (exact) mass is 201 g/mol. The molecular weight excluding hydrogens is 177 g/mol. The molecule has 0 unspecified atom stereocenters. The summed E-state index contributed by atoms with van der Waals surface area (Å²) in [4.78, 5) is 0. The average Bonchev–Trinajstić information content (AvgIpc) is 2.87. The van der Waals surface area contributed by atoms with Crippen LogP contribution in [-0.4, -0.2) is 24.1 Å². The molecule has 0 nitrogen and oxygen atoms in total. The molecule has 0 heterocycles. The zero-order valence-corrected chi connectivity index (χ0v) is 10.3. The molecule has 0 amide bonds. The highest BCUT2D eigenvalue weighted by molar-refractivity contribution is 6.89. The number of rotatable bonds is 5. The molecule has 0 aromatic heterocycles. The van der Waals surface area contributed by atoms with Gasteiger partial charge in [-0.15, -0.1) is 0 Å². The van der Waals surface area contributed by atoms with Crippen LogP contribution in [0, 0.1) is 0 Å². The van der Waals surface area contributed by atoms with E-state index in [2.05, 4.69) is 38.2 Å². The van der Waals surface area contributed by atoms with Crippen molar-refractivity contribution in [2.75, 3.05) is 0 Å². The van der Waals surface area contributed by atoms with E-state index in [0.717, 1.165) is 25.5 Å². The quantitative estimate of drug-likeness (QED) is 0.472. The fraction of sp³-hybridized carbons (Fsp3) is 0.667. The summed E-state index contributed by atoms with van der Waals surface area (Å²) in [6.07, 6.45) is 15.0. The van der Waals surface area contributed by atoms with Crippen molar-refractivity contribution in [3.05, 3.63) is 24.3 Å². The van der Waals surface area contributed by atoms with Crippen molar-refractivity contribution in [3.8, 4) is 0 Å². The van der Waals surface area contributed by atoms with Gasteiger partial charge in [-0.05, 0) is 7.76 Å². The van der Waals surface area contributed by atoms with Gasteiger partial charge in [0.05, 0.1) is 15.0 Å². The zero-order valence-electron chi connectivity index (χ0n) is 11.3. The van der Waals surface area contributed by atoms with Gasteiger partial charge < -0.3 is 0 Å². The summed E-state index contributed by atoms with van der Waals surface area (Å²) in [6, 6.07) is 0. The zero-order chi connectivity index (χ0) is 12.5. The summed E-state index contributed by atoms with van der Waals surface area (Å²) in [5.41, 5.74) is 0. The lowest BCUT2D eigenvalue weighted by Crippen LogP contribution is -1.82. The van der Waals surface area contributed by atoms with E-state index in [-0.39, 0.29) is 0 Å². The molecule has 0 saturated carbocycles. The van der Waals surface area contributed by atoms with E-state index in [9.17, 15) is 0 Å². The summed E-state index contributed by atoms with van der Waals surface area (Å²) >= 11 is 0. The van der Waals surface area contributed by atoms with Gasteiger partial charge in [0.15, 0.2) is 0 Å². The third-order valence-corrected chi connectivity index (χ3v) is 1.67. The minimum atomic E-state index is 0.955. The van der Waals surface area contributed by atoms with E-state index in [1.807, 2.05) is 0 Å². The Morgan fingerprint density at radius 2 is 2.00 bits per heavy atom. The molecule has 0 bridgehead atoms. The second-order valence-electron chi connectivity index (χ2n) is 3.26. The van der Waals surface area contributed by atoms with Gasteiger partial charge in [-0.25, -0.2) is 0 Å². The number of hydrogen-bond acceptors (Lipinski definition) is 0. The van der Waals surface area contributed by atoms with Gasteiger partial charge in [0.1, 0.15) is 0 Å². The number of allylic oxidation sites excluding steroid dienone is 4. The van der Waals surface area contributed by atoms with Crippen molar-refractivity contribution in [1.29, 1.82) is 1.34 Å². The first kappa shape index (κ1) is 14.7. The Morgan fingerprint density at radius 1 is 1.33 bits per heavy atom. The Morgan fingerprint density at radius 3 is 2.13 bits per heavy atom. The molecule has 1 aliphatic rings. The van der Waals surface area contributed by atoms with Crippen LogP contribution in [0.3, 0.4) is 0 Å². The molecule has 4 radical (unpaired) electrons. The molecule has 0 saturated heterocycles. The largest absolute Gasteiger partial charge is 0.0898 e. The second kappa shape index (κ2) is 19.3. The lowest BCUT2D eigenvalue weighted by molar-refractivity contribution is 0.884. The lowest BCUT2D eigenvalue weighted by atomic mass is 9.53. The molecule has 0 fully saturated rings. The second-order valence-corrected chi connectivity index (χ2v) is 3.26. The first-order valence-corrected chi connectivity index (χ1v) is 5.88. The van der Waals surface area contributed by atoms with Crippen LogP contribution in [0.5, 0.6) is 0 Å². The highest BCUT2D eigenvalue weighted by Crippen LogP contribution is 1.93. The van der Waals surface area contributed by atoms with Crippen LogP contribution < -0.4 is 0 Å². The molecule has 15 heavy (non-hydrogen) atoms. The molecule has 0 N–H and O–H groups in total. The van der Waals surface area contributed by atoms with Crippen LogP contribution in [0.15, 0.2) is 24.3 Å². The minimum Gasteiger partial charge on any atom is -0.0898 e. The molecular formula is C12H23B3. The van der Waals surface area contributed by atoms with E-state index in [0.29, 0.717) is 0 Å². The molecule has 80 valence electrons. The van der Waals surface area contributed by atoms with Gasteiger partial charge in [-0.3, -0.25) is 0 Å². The van der Waals surface area contributed by atoms with E-state index in [1.54, 1.807) is 7.17 Å². The summed E-state index contributed by atoms with van der Waals surface area (Å²) < 4.78 is 6.58. The molecule has 0 atom stereocenters. The first-order valence-electron chi connectivity index (χ1n) is 6.46. The predicted molar refractivity (Wildman–Crippen MR) is 76.4 cm³/mol. The van der Waals surface area contributed by atoms with Crippen LogP contribution in [0.2, 0.25) is 12.6 Å². The van der Waals surface area contributed by atoms with Gasteiger partial charge >= 0.3 is 0 Å². The number of hydrogen-bond donors (Lipinski definition) is 0.